The lowest BCUT2D eigenvalue weighted by Crippen LogP contribution is -2.11. The van der Waals surface area contributed by atoms with Crippen LogP contribution in [0.15, 0.2) is 40.9 Å². The van der Waals surface area contributed by atoms with Gasteiger partial charge in [-0.05, 0) is 35.2 Å². The van der Waals surface area contributed by atoms with Crippen LogP contribution in [0.1, 0.15) is 31.9 Å². The minimum Gasteiger partial charge on any atom is -0.454 e. The molecule has 0 unspecified atom stereocenters. The van der Waals surface area contributed by atoms with Crippen molar-refractivity contribution in [2.45, 2.75) is 32.4 Å². The largest absolute Gasteiger partial charge is 0.454 e. The van der Waals surface area contributed by atoms with Gasteiger partial charge in [0.25, 0.3) is 0 Å². The molecule has 2 aromatic rings. The predicted octanol–water partition coefficient (Wildman–Crippen LogP) is 6.70. The van der Waals surface area contributed by atoms with Crippen molar-refractivity contribution in [3.63, 3.8) is 0 Å². The van der Waals surface area contributed by atoms with Gasteiger partial charge in [-0.25, -0.2) is 4.39 Å². The molecule has 0 aliphatic rings. The molecule has 1 nitrogen and oxygen atoms in total. The molecule has 0 radical (unpaired) electrons. The number of alkyl halides is 3. The van der Waals surface area contributed by atoms with E-state index in [1.54, 1.807) is 18.2 Å². The first kappa shape index (κ1) is 17.8. The van der Waals surface area contributed by atoms with Gasteiger partial charge in [-0.1, -0.05) is 48.8 Å². The average Bonchev–Trinajstić information content (AvgIpc) is 2.38. The third-order valence-corrected chi connectivity index (χ3v) is 3.90. The number of rotatable bonds is 2. The van der Waals surface area contributed by atoms with E-state index in [1.807, 2.05) is 20.8 Å². The van der Waals surface area contributed by atoms with Gasteiger partial charge in [-0.2, -0.15) is 13.2 Å². The quantitative estimate of drug-likeness (QED) is 0.518. The fourth-order valence-corrected chi connectivity index (χ4v) is 3.06. The van der Waals surface area contributed by atoms with Gasteiger partial charge in [0.2, 0.25) is 0 Å². The average molecular weight is 391 g/mol. The summed E-state index contributed by atoms with van der Waals surface area (Å²) in [5.74, 6) is -1.63. The van der Waals surface area contributed by atoms with Gasteiger partial charge in [0.05, 0.1) is 5.56 Å². The molecular weight excluding hydrogens is 376 g/mol. The molecule has 0 aliphatic heterocycles. The summed E-state index contributed by atoms with van der Waals surface area (Å²) in [6.07, 6.45) is -4.76. The number of benzene rings is 2. The molecular formula is C17H15BrF4O. The zero-order valence-corrected chi connectivity index (χ0v) is 14.3. The Balaban J connectivity index is 2.36. The molecule has 124 valence electrons. The summed E-state index contributed by atoms with van der Waals surface area (Å²) in [4.78, 5) is 0. The first-order valence-corrected chi connectivity index (χ1v) is 7.63. The summed E-state index contributed by atoms with van der Waals surface area (Å²) in [6.45, 7) is 6.08. The summed E-state index contributed by atoms with van der Waals surface area (Å²) in [6, 6.07) is 7.97. The van der Waals surface area contributed by atoms with E-state index in [0.717, 1.165) is 22.2 Å². The standard InChI is InChI=1S/C17H15BrF4O/c1-16(2,3)11-8-7-10(9-13(11)18)23-14-6-4-5-12(15(14)19)17(20,21)22/h4-9H,1-3H3. The number of halogens is 5. The van der Waals surface area contributed by atoms with Crippen LogP contribution in [0.5, 0.6) is 11.5 Å². The number of hydrogen-bond donors (Lipinski definition) is 0. The summed E-state index contributed by atoms with van der Waals surface area (Å²) in [5, 5.41) is 0. The highest BCUT2D eigenvalue weighted by Crippen LogP contribution is 2.38. The smallest absolute Gasteiger partial charge is 0.419 e. The van der Waals surface area contributed by atoms with E-state index in [1.165, 1.54) is 0 Å². The lowest BCUT2D eigenvalue weighted by Gasteiger charge is -2.21. The summed E-state index contributed by atoms with van der Waals surface area (Å²) >= 11 is 3.41. The lowest BCUT2D eigenvalue weighted by molar-refractivity contribution is -0.140. The van der Waals surface area contributed by atoms with Crippen LogP contribution in [0.3, 0.4) is 0 Å². The minimum absolute atomic E-state index is 0.112. The maximum atomic E-state index is 14.0. The molecule has 0 fully saturated rings. The van der Waals surface area contributed by atoms with Crippen molar-refractivity contribution in [1.82, 2.24) is 0 Å². The van der Waals surface area contributed by atoms with E-state index in [-0.39, 0.29) is 11.2 Å². The second kappa shape index (κ2) is 6.15. The van der Waals surface area contributed by atoms with Gasteiger partial charge in [0, 0.05) is 4.47 Å². The molecule has 2 rings (SSSR count). The van der Waals surface area contributed by atoms with Crippen LogP contribution in [-0.4, -0.2) is 0 Å². The van der Waals surface area contributed by atoms with Crippen molar-refractivity contribution in [1.29, 1.82) is 0 Å². The molecule has 0 spiro atoms. The second-order valence-electron chi connectivity index (χ2n) is 6.11. The zero-order valence-electron chi connectivity index (χ0n) is 12.8. The highest BCUT2D eigenvalue weighted by molar-refractivity contribution is 9.10. The summed E-state index contributed by atoms with van der Waals surface area (Å²) < 4.78 is 58.1. The Kier molecular flexibility index (Phi) is 4.76. The van der Waals surface area contributed by atoms with E-state index in [4.69, 9.17) is 4.74 Å². The van der Waals surface area contributed by atoms with Gasteiger partial charge in [0.1, 0.15) is 5.75 Å². The molecule has 0 amide bonds. The van der Waals surface area contributed by atoms with Crippen molar-refractivity contribution in [2.24, 2.45) is 0 Å². The fraction of sp³-hybridized carbons (Fsp3) is 0.294. The van der Waals surface area contributed by atoms with E-state index >= 15 is 0 Å². The van der Waals surface area contributed by atoms with Crippen LogP contribution in [0.25, 0.3) is 0 Å². The van der Waals surface area contributed by atoms with Crippen molar-refractivity contribution in [3.05, 3.63) is 57.8 Å². The van der Waals surface area contributed by atoms with Crippen molar-refractivity contribution in [2.75, 3.05) is 0 Å². The SMILES string of the molecule is CC(C)(C)c1ccc(Oc2cccc(C(F)(F)F)c2F)cc1Br. The van der Waals surface area contributed by atoms with E-state index < -0.39 is 23.3 Å². The van der Waals surface area contributed by atoms with Gasteiger partial charge in [-0.15, -0.1) is 0 Å². The fourth-order valence-electron chi connectivity index (χ4n) is 2.10. The monoisotopic (exact) mass is 390 g/mol. The maximum absolute atomic E-state index is 14.0. The molecule has 0 saturated heterocycles. The minimum atomic E-state index is -4.76. The lowest BCUT2D eigenvalue weighted by atomic mass is 9.87. The molecule has 0 atom stereocenters. The van der Waals surface area contributed by atoms with Crippen LogP contribution in [0, 0.1) is 5.82 Å². The molecule has 0 aromatic heterocycles. The summed E-state index contributed by atoms with van der Waals surface area (Å²) in [7, 11) is 0. The van der Waals surface area contributed by atoms with Crippen LogP contribution in [0.2, 0.25) is 0 Å². The molecule has 0 saturated carbocycles. The van der Waals surface area contributed by atoms with Crippen LogP contribution in [0.4, 0.5) is 17.6 Å². The topological polar surface area (TPSA) is 9.23 Å². The van der Waals surface area contributed by atoms with Crippen LogP contribution >= 0.6 is 15.9 Å². The number of hydrogen-bond acceptors (Lipinski definition) is 1. The van der Waals surface area contributed by atoms with Crippen molar-refractivity contribution in [3.8, 4) is 11.5 Å². The second-order valence-corrected chi connectivity index (χ2v) is 6.96. The molecule has 2 aromatic carbocycles. The predicted molar refractivity (Wildman–Crippen MR) is 84.3 cm³/mol. The van der Waals surface area contributed by atoms with E-state index in [2.05, 4.69) is 15.9 Å². The maximum Gasteiger partial charge on any atom is 0.419 e. The Labute approximate surface area is 140 Å². The highest BCUT2D eigenvalue weighted by atomic mass is 79.9. The highest BCUT2D eigenvalue weighted by Gasteiger charge is 2.35. The first-order chi connectivity index (χ1) is 10.5. The Morgan fingerprint density at radius 1 is 0.957 bits per heavy atom. The Bertz CT molecular complexity index is 718. The Morgan fingerprint density at radius 3 is 2.13 bits per heavy atom. The molecule has 0 N–H and O–H groups in total. The molecule has 0 aliphatic carbocycles. The van der Waals surface area contributed by atoms with Gasteiger partial charge in [-0.3, -0.25) is 0 Å². The van der Waals surface area contributed by atoms with Crippen molar-refractivity contribution < 1.29 is 22.3 Å². The van der Waals surface area contributed by atoms with Gasteiger partial charge < -0.3 is 4.74 Å². The van der Waals surface area contributed by atoms with E-state index in [0.29, 0.717) is 6.07 Å². The first-order valence-electron chi connectivity index (χ1n) is 6.84. The van der Waals surface area contributed by atoms with Gasteiger partial charge >= 0.3 is 6.18 Å². The Morgan fingerprint density at radius 2 is 1.61 bits per heavy atom. The van der Waals surface area contributed by atoms with Crippen LogP contribution < -0.4 is 4.74 Å². The molecule has 0 bridgehead atoms. The molecule has 23 heavy (non-hydrogen) atoms. The van der Waals surface area contributed by atoms with E-state index in [9.17, 15) is 17.6 Å². The third kappa shape index (κ3) is 4.05. The normalized spacial score (nSPS) is 12.3. The molecule has 0 heterocycles. The van der Waals surface area contributed by atoms with Crippen molar-refractivity contribution >= 4 is 15.9 Å². The van der Waals surface area contributed by atoms with Crippen LogP contribution in [-0.2, 0) is 11.6 Å². The van der Waals surface area contributed by atoms with Gasteiger partial charge in [0.15, 0.2) is 11.6 Å². The molecule has 6 heteroatoms. The Hall–Kier alpha value is -1.56. The third-order valence-electron chi connectivity index (χ3n) is 3.25. The summed E-state index contributed by atoms with van der Waals surface area (Å²) in [5.41, 5.74) is -0.450. The number of ether oxygens (including phenoxy) is 1. The zero-order chi connectivity index (χ0) is 17.4.